The van der Waals surface area contributed by atoms with Gasteiger partial charge >= 0.3 is 0 Å². The van der Waals surface area contributed by atoms with Crippen molar-refractivity contribution in [2.24, 2.45) is 0 Å². The molecule has 0 spiro atoms. The number of carbonyl (C=O) groups is 1. The van der Waals surface area contributed by atoms with Crippen molar-refractivity contribution in [2.45, 2.75) is 18.9 Å². The van der Waals surface area contributed by atoms with Gasteiger partial charge in [0.2, 0.25) is 0 Å². The van der Waals surface area contributed by atoms with Crippen LogP contribution in [0.15, 0.2) is 60.8 Å². The quantitative estimate of drug-likeness (QED) is 0.484. The summed E-state index contributed by atoms with van der Waals surface area (Å²) in [5, 5.41) is 18.3. The number of carbonyl (C=O) groups excluding carboxylic acids is 1. The third-order valence-corrected chi connectivity index (χ3v) is 5.39. The summed E-state index contributed by atoms with van der Waals surface area (Å²) < 4.78 is 6.67. The highest BCUT2D eigenvalue weighted by Gasteiger charge is 2.22. The zero-order valence-electron chi connectivity index (χ0n) is 17.1. The number of hydrogen-bond donors (Lipinski definition) is 1. The Morgan fingerprint density at radius 2 is 1.87 bits per heavy atom. The van der Waals surface area contributed by atoms with Crippen molar-refractivity contribution >= 4 is 17.3 Å². The summed E-state index contributed by atoms with van der Waals surface area (Å²) in [6.07, 6.45) is 3.30. The Balaban J connectivity index is 1.34. The molecular formula is C22H23N5O4. The first kappa shape index (κ1) is 20.4. The van der Waals surface area contributed by atoms with Crippen molar-refractivity contribution in [1.82, 2.24) is 15.1 Å². The molecule has 1 amide bonds. The van der Waals surface area contributed by atoms with E-state index in [2.05, 4.69) is 15.3 Å². The molecule has 9 heteroatoms. The molecule has 1 N–H and O–H groups in total. The van der Waals surface area contributed by atoms with Crippen LogP contribution in [0.1, 0.15) is 23.3 Å². The number of methoxy groups -OCH3 is 1. The molecule has 0 bridgehead atoms. The molecule has 0 unspecified atom stereocenters. The second-order valence-corrected chi connectivity index (χ2v) is 7.36. The van der Waals surface area contributed by atoms with E-state index in [9.17, 15) is 14.9 Å². The number of nitrogens with one attached hydrogen (secondary N) is 1. The summed E-state index contributed by atoms with van der Waals surface area (Å²) >= 11 is 0. The fraction of sp³-hybridized carbons (Fsp3) is 0.273. The van der Waals surface area contributed by atoms with Crippen LogP contribution in [0.25, 0.3) is 5.69 Å². The highest BCUT2D eigenvalue weighted by Crippen LogP contribution is 2.23. The zero-order valence-corrected chi connectivity index (χ0v) is 17.1. The van der Waals surface area contributed by atoms with Crippen LogP contribution in [0, 0.1) is 10.1 Å². The molecule has 4 rings (SSSR count). The number of nitrogens with zero attached hydrogens (tertiary/aromatic N) is 4. The van der Waals surface area contributed by atoms with Crippen molar-refractivity contribution in [1.29, 1.82) is 0 Å². The van der Waals surface area contributed by atoms with E-state index in [0.717, 1.165) is 37.4 Å². The van der Waals surface area contributed by atoms with E-state index < -0.39 is 4.92 Å². The van der Waals surface area contributed by atoms with Gasteiger partial charge in [-0.25, -0.2) is 4.68 Å². The van der Waals surface area contributed by atoms with Gasteiger partial charge in [-0.2, -0.15) is 5.10 Å². The van der Waals surface area contributed by atoms with Crippen LogP contribution < -0.4 is 15.0 Å². The minimum absolute atomic E-state index is 0.0254. The van der Waals surface area contributed by atoms with E-state index in [1.54, 1.807) is 31.5 Å². The monoisotopic (exact) mass is 421 g/mol. The van der Waals surface area contributed by atoms with Crippen LogP contribution in [0.5, 0.6) is 5.75 Å². The van der Waals surface area contributed by atoms with Crippen LogP contribution in [-0.2, 0) is 0 Å². The first-order chi connectivity index (χ1) is 15.0. The van der Waals surface area contributed by atoms with E-state index >= 15 is 0 Å². The molecule has 0 saturated carbocycles. The molecule has 1 fully saturated rings. The summed E-state index contributed by atoms with van der Waals surface area (Å²) in [4.78, 5) is 25.4. The summed E-state index contributed by atoms with van der Waals surface area (Å²) in [6, 6.07) is 15.8. The Labute approximate surface area is 179 Å². The molecule has 1 saturated heterocycles. The second kappa shape index (κ2) is 8.86. The van der Waals surface area contributed by atoms with Gasteiger partial charge in [0, 0.05) is 43.1 Å². The molecule has 9 nitrogen and oxygen atoms in total. The number of amides is 1. The number of non-ortho nitro benzene ring substituents is 1. The normalized spacial score (nSPS) is 14.3. The molecule has 3 aromatic rings. The lowest BCUT2D eigenvalue weighted by molar-refractivity contribution is -0.384. The van der Waals surface area contributed by atoms with E-state index in [-0.39, 0.29) is 23.3 Å². The van der Waals surface area contributed by atoms with Crippen molar-refractivity contribution in [3.05, 3.63) is 76.6 Å². The third-order valence-electron chi connectivity index (χ3n) is 5.39. The Morgan fingerprint density at radius 3 is 2.55 bits per heavy atom. The lowest BCUT2D eigenvalue weighted by Gasteiger charge is -2.33. The Bertz CT molecular complexity index is 1070. The zero-order chi connectivity index (χ0) is 21.8. The average Bonchev–Trinajstić information content (AvgIpc) is 3.30. The number of ether oxygens (including phenoxy) is 1. The molecule has 1 aromatic heterocycles. The molecule has 2 aromatic carbocycles. The van der Waals surface area contributed by atoms with Crippen LogP contribution in [0.4, 0.5) is 11.4 Å². The highest BCUT2D eigenvalue weighted by molar-refractivity contribution is 5.92. The van der Waals surface area contributed by atoms with Crippen molar-refractivity contribution in [3.8, 4) is 11.4 Å². The van der Waals surface area contributed by atoms with Gasteiger partial charge in [0.05, 0.1) is 17.7 Å². The number of nitro benzene ring substituents is 1. The number of piperidine rings is 1. The maximum atomic E-state index is 12.6. The maximum Gasteiger partial charge on any atom is 0.272 e. The van der Waals surface area contributed by atoms with E-state index in [1.807, 2.05) is 24.3 Å². The largest absolute Gasteiger partial charge is 0.497 e. The number of aromatic nitrogens is 2. The van der Waals surface area contributed by atoms with Crippen molar-refractivity contribution in [2.75, 3.05) is 25.1 Å². The summed E-state index contributed by atoms with van der Waals surface area (Å²) in [6.45, 7) is 1.69. The SMILES string of the molecule is COc1ccc(N2CCC(NC(=O)c3ccn(-c4cccc([N+](=O)[O-])c4)n3)CC2)cc1. The highest BCUT2D eigenvalue weighted by atomic mass is 16.6. The first-order valence-electron chi connectivity index (χ1n) is 10.0. The van der Waals surface area contributed by atoms with Gasteiger partial charge in [0.1, 0.15) is 5.75 Å². The predicted molar refractivity (Wildman–Crippen MR) is 116 cm³/mol. The molecular weight excluding hydrogens is 398 g/mol. The maximum absolute atomic E-state index is 12.6. The molecule has 2 heterocycles. The lowest BCUT2D eigenvalue weighted by Crippen LogP contribution is -2.44. The number of nitro groups is 1. The Hall–Kier alpha value is -3.88. The molecule has 1 aliphatic rings. The van der Waals surface area contributed by atoms with Gasteiger partial charge in [-0.3, -0.25) is 14.9 Å². The smallest absolute Gasteiger partial charge is 0.272 e. The fourth-order valence-corrected chi connectivity index (χ4v) is 3.67. The Kier molecular flexibility index (Phi) is 5.83. The lowest BCUT2D eigenvalue weighted by atomic mass is 10.0. The molecule has 0 aliphatic carbocycles. The molecule has 160 valence electrons. The van der Waals surface area contributed by atoms with Gasteiger partial charge in [0.15, 0.2) is 5.69 Å². The molecule has 1 aliphatic heterocycles. The van der Waals surface area contributed by atoms with Crippen molar-refractivity contribution < 1.29 is 14.5 Å². The summed E-state index contributed by atoms with van der Waals surface area (Å²) in [5.41, 5.74) is 1.93. The predicted octanol–water partition coefficient (Wildman–Crippen LogP) is 3.19. The van der Waals surface area contributed by atoms with E-state index in [0.29, 0.717) is 5.69 Å². The van der Waals surface area contributed by atoms with E-state index in [1.165, 1.54) is 16.8 Å². The third kappa shape index (κ3) is 4.66. The standard InChI is InChI=1S/C22H23N5O4/c1-31-20-7-5-17(6-8-20)25-12-9-16(10-13-25)23-22(28)21-11-14-26(24-21)18-3-2-4-19(15-18)27(29)30/h2-8,11,14-16H,9-10,12-13H2,1H3,(H,23,28). The van der Waals surface area contributed by atoms with Crippen LogP contribution in [0.3, 0.4) is 0 Å². The number of benzene rings is 2. The number of rotatable bonds is 6. The van der Waals surface area contributed by atoms with Gasteiger partial charge in [-0.1, -0.05) is 6.07 Å². The van der Waals surface area contributed by atoms with Gasteiger partial charge in [0.25, 0.3) is 11.6 Å². The number of anilines is 1. The van der Waals surface area contributed by atoms with Gasteiger partial charge in [-0.05, 0) is 49.2 Å². The molecule has 0 radical (unpaired) electrons. The molecule has 0 atom stereocenters. The summed E-state index contributed by atoms with van der Waals surface area (Å²) in [7, 11) is 1.65. The summed E-state index contributed by atoms with van der Waals surface area (Å²) in [5.74, 6) is 0.586. The van der Waals surface area contributed by atoms with Gasteiger partial charge < -0.3 is 15.0 Å². The fourth-order valence-electron chi connectivity index (χ4n) is 3.67. The minimum Gasteiger partial charge on any atom is -0.497 e. The van der Waals surface area contributed by atoms with Crippen LogP contribution >= 0.6 is 0 Å². The van der Waals surface area contributed by atoms with Crippen molar-refractivity contribution in [3.63, 3.8) is 0 Å². The second-order valence-electron chi connectivity index (χ2n) is 7.36. The molecule has 31 heavy (non-hydrogen) atoms. The van der Waals surface area contributed by atoms with Gasteiger partial charge in [-0.15, -0.1) is 0 Å². The topological polar surface area (TPSA) is 103 Å². The van der Waals surface area contributed by atoms with E-state index in [4.69, 9.17) is 4.74 Å². The average molecular weight is 421 g/mol. The first-order valence-corrected chi connectivity index (χ1v) is 10.0. The minimum atomic E-state index is -0.459. The number of hydrogen-bond acceptors (Lipinski definition) is 6. The van der Waals surface area contributed by atoms with Crippen LogP contribution in [-0.4, -0.2) is 46.9 Å². The Morgan fingerprint density at radius 1 is 1.13 bits per heavy atom. The van der Waals surface area contributed by atoms with Crippen LogP contribution in [0.2, 0.25) is 0 Å².